The Morgan fingerprint density at radius 2 is 1.88 bits per heavy atom. The first-order chi connectivity index (χ1) is 12.1. The quantitative estimate of drug-likeness (QED) is 0.607. The van der Waals surface area contributed by atoms with Crippen molar-refractivity contribution in [1.82, 2.24) is 10.6 Å². The number of rotatable bonds is 7. The van der Waals surface area contributed by atoms with Gasteiger partial charge in [-0.1, -0.05) is 13.3 Å². The van der Waals surface area contributed by atoms with E-state index < -0.39 is 6.03 Å². The molecule has 0 spiro atoms. The fourth-order valence-corrected chi connectivity index (χ4v) is 2.87. The number of amides is 3. The van der Waals surface area contributed by atoms with Crippen LogP contribution in [0.1, 0.15) is 19.8 Å². The number of carbonyl (C=O) groups is 2. The van der Waals surface area contributed by atoms with Gasteiger partial charge in [-0.05, 0) is 30.7 Å². The number of urea groups is 1. The summed E-state index contributed by atoms with van der Waals surface area (Å²) in [7, 11) is 1.66. The van der Waals surface area contributed by atoms with Crippen molar-refractivity contribution in [2.24, 2.45) is 0 Å². The number of anilines is 1. The second-order valence-corrected chi connectivity index (χ2v) is 6.27. The molecule has 1 aromatic carbocycles. The van der Waals surface area contributed by atoms with Gasteiger partial charge >= 0.3 is 6.03 Å². The molecule has 0 radical (unpaired) electrons. The van der Waals surface area contributed by atoms with E-state index in [-0.39, 0.29) is 5.91 Å². The molecule has 7 nitrogen and oxygen atoms in total. The van der Waals surface area contributed by atoms with E-state index >= 15 is 0 Å². The summed E-state index contributed by atoms with van der Waals surface area (Å²) >= 11 is 0. The molecule has 0 aromatic heterocycles. The van der Waals surface area contributed by atoms with Gasteiger partial charge in [-0.2, -0.15) is 0 Å². The molecule has 138 valence electrons. The minimum absolute atomic E-state index is 0.220. The number of piperazine rings is 1. The van der Waals surface area contributed by atoms with Crippen molar-refractivity contribution in [2.75, 3.05) is 51.3 Å². The average Bonchev–Trinajstić information content (AvgIpc) is 2.62. The number of imide groups is 1. The van der Waals surface area contributed by atoms with Crippen LogP contribution < -0.4 is 25.2 Å². The molecule has 0 atom stereocenters. The Bertz CT molecular complexity index is 554. The molecule has 1 saturated heterocycles. The van der Waals surface area contributed by atoms with Gasteiger partial charge in [0.1, 0.15) is 5.75 Å². The largest absolute Gasteiger partial charge is 0.497 e. The van der Waals surface area contributed by atoms with Crippen LogP contribution in [0.5, 0.6) is 5.75 Å². The van der Waals surface area contributed by atoms with Crippen LogP contribution in [0.15, 0.2) is 24.3 Å². The molecule has 0 saturated carbocycles. The lowest BCUT2D eigenvalue weighted by molar-refractivity contribution is -0.892. The molecule has 0 bridgehead atoms. The van der Waals surface area contributed by atoms with Crippen molar-refractivity contribution >= 4 is 17.6 Å². The maximum Gasteiger partial charge on any atom is 0.321 e. The zero-order chi connectivity index (χ0) is 18.1. The van der Waals surface area contributed by atoms with Gasteiger partial charge in [0, 0.05) is 12.2 Å². The molecule has 1 aliphatic heterocycles. The Labute approximate surface area is 149 Å². The molecule has 2 rings (SSSR count). The van der Waals surface area contributed by atoms with E-state index in [9.17, 15) is 9.59 Å². The number of unbranched alkanes of at least 4 members (excludes halogenated alkanes) is 1. The third-order valence-electron chi connectivity index (χ3n) is 4.39. The fourth-order valence-electron chi connectivity index (χ4n) is 2.87. The molecule has 1 aromatic rings. The molecule has 3 N–H and O–H groups in total. The third-order valence-corrected chi connectivity index (χ3v) is 4.39. The van der Waals surface area contributed by atoms with Gasteiger partial charge in [0.15, 0.2) is 6.54 Å². The Morgan fingerprint density at radius 3 is 2.48 bits per heavy atom. The summed E-state index contributed by atoms with van der Waals surface area (Å²) in [6.07, 6.45) is 1.93. The van der Waals surface area contributed by atoms with Gasteiger partial charge in [0.25, 0.3) is 5.91 Å². The fraction of sp³-hybridized carbons (Fsp3) is 0.556. The van der Waals surface area contributed by atoms with Crippen LogP contribution in [0.25, 0.3) is 0 Å². The van der Waals surface area contributed by atoms with Crippen molar-refractivity contribution in [3.05, 3.63) is 24.3 Å². The van der Waals surface area contributed by atoms with Crippen LogP contribution in [0, 0.1) is 0 Å². The van der Waals surface area contributed by atoms with E-state index in [4.69, 9.17) is 4.74 Å². The molecule has 7 heteroatoms. The highest BCUT2D eigenvalue weighted by molar-refractivity contribution is 5.94. The van der Waals surface area contributed by atoms with Crippen molar-refractivity contribution in [3.8, 4) is 5.75 Å². The summed E-state index contributed by atoms with van der Waals surface area (Å²) in [5, 5.41) is 5.10. The SMILES string of the molecule is CCCCNC(=O)NC(=O)C[NH+]1CCN(c2ccc(OC)cc2)CC1. The molecular formula is C18H29N4O3+. The van der Waals surface area contributed by atoms with Gasteiger partial charge in [-0.3, -0.25) is 10.1 Å². The minimum atomic E-state index is -0.394. The first kappa shape index (κ1) is 19.1. The summed E-state index contributed by atoms with van der Waals surface area (Å²) in [4.78, 5) is 27.0. The highest BCUT2D eigenvalue weighted by atomic mass is 16.5. The number of methoxy groups -OCH3 is 1. The monoisotopic (exact) mass is 349 g/mol. The van der Waals surface area contributed by atoms with Crippen LogP contribution >= 0.6 is 0 Å². The maximum atomic E-state index is 12.0. The van der Waals surface area contributed by atoms with E-state index in [0.717, 1.165) is 44.8 Å². The zero-order valence-electron chi connectivity index (χ0n) is 15.1. The smallest absolute Gasteiger partial charge is 0.321 e. The summed E-state index contributed by atoms with van der Waals surface area (Å²) in [5.41, 5.74) is 1.17. The van der Waals surface area contributed by atoms with Gasteiger partial charge in [-0.25, -0.2) is 4.79 Å². The van der Waals surface area contributed by atoms with E-state index in [1.54, 1.807) is 7.11 Å². The Balaban J connectivity index is 1.70. The average molecular weight is 349 g/mol. The zero-order valence-corrected chi connectivity index (χ0v) is 15.1. The highest BCUT2D eigenvalue weighted by Gasteiger charge is 2.23. The summed E-state index contributed by atoms with van der Waals surface area (Å²) in [6.45, 7) is 6.50. The molecule has 25 heavy (non-hydrogen) atoms. The van der Waals surface area contributed by atoms with Gasteiger partial charge in [0.05, 0.1) is 33.3 Å². The van der Waals surface area contributed by atoms with Crippen molar-refractivity contribution in [2.45, 2.75) is 19.8 Å². The second kappa shape index (κ2) is 9.88. The van der Waals surface area contributed by atoms with Crippen LogP contribution in [0.4, 0.5) is 10.5 Å². The van der Waals surface area contributed by atoms with Crippen molar-refractivity contribution in [1.29, 1.82) is 0 Å². The van der Waals surface area contributed by atoms with E-state index in [0.29, 0.717) is 13.1 Å². The molecule has 3 amide bonds. The highest BCUT2D eigenvalue weighted by Crippen LogP contribution is 2.18. The van der Waals surface area contributed by atoms with Crippen molar-refractivity contribution in [3.63, 3.8) is 0 Å². The van der Waals surface area contributed by atoms with E-state index in [1.165, 1.54) is 10.6 Å². The lowest BCUT2D eigenvalue weighted by atomic mass is 10.2. The Hall–Kier alpha value is -2.28. The Morgan fingerprint density at radius 1 is 1.20 bits per heavy atom. The number of hydrogen-bond donors (Lipinski definition) is 3. The normalized spacial score (nSPS) is 14.9. The predicted molar refractivity (Wildman–Crippen MR) is 97.2 cm³/mol. The standard InChI is InChI=1S/C18H28N4O3/c1-3-4-9-19-18(24)20-17(23)14-21-10-12-22(13-11-21)15-5-7-16(25-2)8-6-15/h5-8H,3-4,9-14H2,1-2H3,(H2,19,20,23,24)/p+1. The second-order valence-electron chi connectivity index (χ2n) is 6.27. The topological polar surface area (TPSA) is 75.1 Å². The molecule has 1 aliphatic rings. The minimum Gasteiger partial charge on any atom is -0.497 e. The van der Waals surface area contributed by atoms with Crippen LogP contribution in [-0.2, 0) is 4.79 Å². The first-order valence-electron chi connectivity index (χ1n) is 8.92. The van der Waals surface area contributed by atoms with Crippen LogP contribution in [0.2, 0.25) is 0 Å². The number of ether oxygens (including phenoxy) is 1. The van der Waals surface area contributed by atoms with E-state index in [1.807, 2.05) is 12.1 Å². The van der Waals surface area contributed by atoms with Crippen LogP contribution in [0.3, 0.4) is 0 Å². The molecule has 0 aliphatic carbocycles. The summed E-state index contributed by atoms with van der Waals surface area (Å²) in [5.74, 6) is 0.629. The van der Waals surface area contributed by atoms with Gasteiger partial charge in [-0.15, -0.1) is 0 Å². The maximum absolute atomic E-state index is 12.0. The lowest BCUT2D eigenvalue weighted by Gasteiger charge is -2.33. The molecular weight excluding hydrogens is 320 g/mol. The number of hydrogen-bond acceptors (Lipinski definition) is 4. The van der Waals surface area contributed by atoms with Gasteiger partial charge < -0.3 is 19.9 Å². The molecule has 1 heterocycles. The number of quaternary nitrogens is 1. The third kappa shape index (κ3) is 6.26. The number of nitrogens with zero attached hydrogens (tertiary/aromatic N) is 1. The predicted octanol–water partition coefficient (Wildman–Crippen LogP) is 0.0260. The lowest BCUT2D eigenvalue weighted by Crippen LogP contribution is -3.16. The summed E-state index contributed by atoms with van der Waals surface area (Å²) < 4.78 is 5.18. The number of carbonyl (C=O) groups excluding carboxylic acids is 2. The molecule has 0 unspecified atom stereocenters. The van der Waals surface area contributed by atoms with Crippen molar-refractivity contribution < 1.29 is 19.2 Å². The van der Waals surface area contributed by atoms with Crippen LogP contribution in [-0.4, -0.2) is 58.3 Å². The summed E-state index contributed by atoms with van der Waals surface area (Å²) in [6, 6.07) is 7.63. The number of benzene rings is 1. The van der Waals surface area contributed by atoms with E-state index in [2.05, 4.69) is 34.6 Å². The Kier molecular flexibility index (Phi) is 7.53. The number of nitrogens with one attached hydrogen (secondary N) is 3. The first-order valence-corrected chi connectivity index (χ1v) is 8.92. The molecule has 1 fully saturated rings. The van der Waals surface area contributed by atoms with Gasteiger partial charge in [0.2, 0.25) is 0 Å².